The van der Waals surface area contributed by atoms with Crippen molar-refractivity contribution in [3.8, 4) is 0 Å². The lowest BCUT2D eigenvalue weighted by atomic mass is 10.0. The van der Waals surface area contributed by atoms with Crippen LogP contribution in [0.25, 0.3) is 0 Å². The van der Waals surface area contributed by atoms with Crippen LogP contribution >= 0.6 is 0 Å². The topological polar surface area (TPSA) is 120 Å². The fraction of sp³-hybridized carbons (Fsp3) is 0.688. The third-order valence-electron chi connectivity index (χ3n) is 6.73. The number of hydrogen-bond donors (Lipinski definition) is 4. The van der Waals surface area contributed by atoms with E-state index in [0.29, 0.717) is 55.6 Å². The van der Waals surface area contributed by atoms with E-state index in [0.717, 1.165) is 12.8 Å². The van der Waals surface area contributed by atoms with Gasteiger partial charge >= 0.3 is 0 Å². The molecule has 4 amide bonds. The van der Waals surface area contributed by atoms with Crippen LogP contribution < -0.4 is 21.3 Å². The molecule has 3 unspecified atom stereocenters. The molecular formula is C32H55N5O4. The average Bonchev–Trinajstić information content (AvgIpc) is 2.91. The first-order chi connectivity index (χ1) is 19.3. The maximum atomic E-state index is 13.2. The Morgan fingerprint density at radius 3 is 1.93 bits per heavy atom. The molecule has 4 N–H and O–H groups in total. The van der Waals surface area contributed by atoms with E-state index >= 15 is 0 Å². The minimum absolute atomic E-state index is 0.0649. The Labute approximate surface area is 248 Å². The number of nitrogens with zero attached hydrogens (tertiary/aromatic N) is 1. The maximum absolute atomic E-state index is 13.2. The van der Waals surface area contributed by atoms with Crippen molar-refractivity contribution in [2.24, 2.45) is 17.8 Å². The molecule has 9 nitrogen and oxygen atoms in total. The van der Waals surface area contributed by atoms with Gasteiger partial charge in [-0.3, -0.25) is 19.2 Å². The summed E-state index contributed by atoms with van der Waals surface area (Å²) in [5.74, 6) is -0.225. The lowest BCUT2D eigenvalue weighted by Gasteiger charge is -2.26. The first-order valence-electron chi connectivity index (χ1n) is 15.3. The Bertz CT molecular complexity index is 973. The molecule has 0 saturated carbocycles. The lowest BCUT2D eigenvalue weighted by molar-refractivity contribution is -0.131. The predicted molar refractivity (Wildman–Crippen MR) is 166 cm³/mol. The minimum atomic E-state index is -0.628. The zero-order chi connectivity index (χ0) is 31.1. The second-order valence-electron chi connectivity index (χ2n) is 12.2. The zero-order valence-electron chi connectivity index (χ0n) is 26.8. The van der Waals surface area contributed by atoms with E-state index < -0.39 is 12.1 Å². The molecule has 0 radical (unpaired) electrons. The molecule has 0 saturated heterocycles. The highest BCUT2D eigenvalue weighted by Gasteiger charge is 2.27. The number of hydrogen-bond acceptors (Lipinski definition) is 5. The fourth-order valence-corrected chi connectivity index (χ4v) is 4.50. The van der Waals surface area contributed by atoms with Gasteiger partial charge in [0.05, 0.1) is 6.04 Å². The third kappa shape index (κ3) is 13.1. The highest BCUT2D eigenvalue weighted by atomic mass is 16.2. The smallest absolute Gasteiger partial charge is 0.253 e. The molecule has 1 aromatic carbocycles. The molecule has 0 heterocycles. The van der Waals surface area contributed by atoms with E-state index in [1.165, 1.54) is 0 Å². The first-order valence-corrected chi connectivity index (χ1v) is 15.3. The number of amides is 4. The summed E-state index contributed by atoms with van der Waals surface area (Å²) in [7, 11) is 0. The van der Waals surface area contributed by atoms with Gasteiger partial charge in [-0.05, 0) is 62.1 Å². The number of carbonyl (C=O) groups is 4. The highest BCUT2D eigenvalue weighted by Crippen LogP contribution is 2.12. The molecule has 0 aromatic heterocycles. The van der Waals surface area contributed by atoms with Crippen molar-refractivity contribution < 1.29 is 19.2 Å². The molecular weight excluding hydrogens is 518 g/mol. The van der Waals surface area contributed by atoms with Crippen LogP contribution in [0.4, 0.5) is 0 Å². The van der Waals surface area contributed by atoms with Crippen LogP contribution in [0.3, 0.4) is 0 Å². The largest absolute Gasteiger partial charge is 0.354 e. The molecule has 0 spiro atoms. The summed E-state index contributed by atoms with van der Waals surface area (Å²) < 4.78 is 0. The predicted octanol–water partition coefficient (Wildman–Crippen LogP) is 3.98. The van der Waals surface area contributed by atoms with Crippen LogP contribution in [0.5, 0.6) is 0 Å². The van der Waals surface area contributed by atoms with Crippen LogP contribution in [0.1, 0.15) is 102 Å². The van der Waals surface area contributed by atoms with Gasteiger partial charge in [-0.15, -0.1) is 0 Å². The Kier molecular flexibility index (Phi) is 16.3. The van der Waals surface area contributed by atoms with Gasteiger partial charge in [0.25, 0.3) is 11.8 Å². The molecule has 9 heteroatoms. The normalized spacial score (nSPS) is 13.6. The number of rotatable bonds is 18. The Balaban J connectivity index is 2.88. The first kappa shape index (κ1) is 36.1. The summed E-state index contributed by atoms with van der Waals surface area (Å²) in [5.41, 5.74) is 0.927. The molecule has 0 aliphatic heterocycles. The minimum Gasteiger partial charge on any atom is -0.354 e. The second kappa shape index (κ2) is 18.5. The molecule has 1 aromatic rings. The van der Waals surface area contributed by atoms with Gasteiger partial charge in [0.1, 0.15) is 6.04 Å². The monoisotopic (exact) mass is 573 g/mol. The van der Waals surface area contributed by atoms with Gasteiger partial charge in [0.15, 0.2) is 0 Å². The van der Waals surface area contributed by atoms with Crippen molar-refractivity contribution in [2.45, 2.75) is 99.7 Å². The fourth-order valence-electron chi connectivity index (χ4n) is 4.50. The zero-order valence-corrected chi connectivity index (χ0v) is 26.8. The SMILES string of the molecule is CCCN(CCC)C(=O)c1cccc(C(=O)NC(CNC(C)C(=O)NC(C(=O)NCC(C)C)C(C)C)CC(C)C)c1. The van der Waals surface area contributed by atoms with Crippen LogP contribution in [0, 0.1) is 17.8 Å². The van der Waals surface area contributed by atoms with Crippen LogP contribution in [0.2, 0.25) is 0 Å². The third-order valence-corrected chi connectivity index (χ3v) is 6.73. The van der Waals surface area contributed by atoms with Crippen molar-refractivity contribution >= 4 is 23.6 Å². The van der Waals surface area contributed by atoms with Crippen molar-refractivity contribution in [1.82, 2.24) is 26.2 Å². The quantitative estimate of drug-likeness (QED) is 0.212. The van der Waals surface area contributed by atoms with Gasteiger partial charge in [0, 0.05) is 43.3 Å². The molecule has 0 fully saturated rings. The van der Waals surface area contributed by atoms with Crippen molar-refractivity contribution in [2.75, 3.05) is 26.2 Å². The summed E-state index contributed by atoms with van der Waals surface area (Å²) in [4.78, 5) is 53.7. The molecule has 1 rings (SSSR count). The van der Waals surface area contributed by atoms with E-state index in [2.05, 4.69) is 35.1 Å². The van der Waals surface area contributed by atoms with E-state index in [4.69, 9.17) is 0 Å². The summed E-state index contributed by atoms with van der Waals surface area (Å²) in [6, 6.07) is 5.43. The Morgan fingerprint density at radius 1 is 0.780 bits per heavy atom. The second-order valence-corrected chi connectivity index (χ2v) is 12.2. The molecule has 232 valence electrons. The number of carbonyl (C=O) groups excluding carboxylic acids is 4. The number of nitrogens with one attached hydrogen (secondary N) is 4. The van der Waals surface area contributed by atoms with Gasteiger partial charge in [-0.25, -0.2) is 0 Å². The standard InChI is InChI=1S/C32H55N5O4/c1-10-15-37(16-11-2)32(41)26-14-12-13-25(18-26)30(39)35-27(17-21(3)4)20-33-24(9)29(38)36-28(23(7)8)31(40)34-19-22(5)6/h12-14,18,21-24,27-28,33H,10-11,15-17,19-20H2,1-9H3,(H,34,40)(H,35,39)(H,36,38). The van der Waals surface area contributed by atoms with E-state index in [1.54, 1.807) is 31.2 Å². The van der Waals surface area contributed by atoms with Crippen LogP contribution in [0.15, 0.2) is 24.3 Å². The van der Waals surface area contributed by atoms with Gasteiger partial charge in [0.2, 0.25) is 11.8 Å². The van der Waals surface area contributed by atoms with Crippen molar-refractivity contribution in [3.63, 3.8) is 0 Å². The van der Waals surface area contributed by atoms with Crippen molar-refractivity contribution in [1.29, 1.82) is 0 Å². The van der Waals surface area contributed by atoms with Crippen molar-refractivity contribution in [3.05, 3.63) is 35.4 Å². The Morgan fingerprint density at radius 2 is 1.39 bits per heavy atom. The molecule has 41 heavy (non-hydrogen) atoms. The van der Waals surface area contributed by atoms with Gasteiger partial charge in [-0.2, -0.15) is 0 Å². The summed E-state index contributed by atoms with van der Waals surface area (Å²) in [6.07, 6.45) is 2.45. The molecule has 3 atom stereocenters. The lowest BCUT2D eigenvalue weighted by Crippen LogP contribution is -2.55. The van der Waals surface area contributed by atoms with Crippen LogP contribution in [-0.4, -0.2) is 72.8 Å². The van der Waals surface area contributed by atoms with Gasteiger partial charge in [-0.1, -0.05) is 61.5 Å². The summed E-state index contributed by atoms with van der Waals surface area (Å²) >= 11 is 0. The van der Waals surface area contributed by atoms with Crippen LogP contribution in [-0.2, 0) is 9.59 Å². The van der Waals surface area contributed by atoms with E-state index in [1.807, 2.05) is 46.4 Å². The molecule has 0 aliphatic carbocycles. The molecule has 0 bridgehead atoms. The van der Waals surface area contributed by atoms with E-state index in [9.17, 15) is 19.2 Å². The maximum Gasteiger partial charge on any atom is 0.253 e. The average molecular weight is 574 g/mol. The molecule has 0 aliphatic rings. The summed E-state index contributed by atoms with van der Waals surface area (Å²) in [5, 5.41) is 12.1. The number of benzene rings is 1. The Hall–Kier alpha value is -2.94. The summed E-state index contributed by atoms with van der Waals surface area (Å²) in [6.45, 7) is 20.1. The van der Waals surface area contributed by atoms with E-state index in [-0.39, 0.29) is 35.6 Å². The van der Waals surface area contributed by atoms with Gasteiger partial charge < -0.3 is 26.2 Å². The highest BCUT2D eigenvalue weighted by molar-refractivity contribution is 5.99.